The number of Topliss-reactive ketones (excluding diaryl/α,β-unsaturated/α-hetero) is 3. The molecule has 0 radical (unpaired) electrons. The van der Waals surface area contributed by atoms with E-state index in [9.17, 15) is 24.3 Å². The highest BCUT2D eigenvalue weighted by Gasteiger charge is 2.58. The molecule has 1 saturated carbocycles. The first kappa shape index (κ1) is 41.6. The van der Waals surface area contributed by atoms with Crippen LogP contribution in [0, 0.1) is 29.6 Å². The molecule has 1 aromatic carbocycles. The van der Waals surface area contributed by atoms with Gasteiger partial charge < -0.3 is 33.7 Å². The summed E-state index contributed by atoms with van der Waals surface area (Å²) in [6, 6.07) is 8.62. The molecular weight excluding hydrogens is 696 g/mol. The summed E-state index contributed by atoms with van der Waals surface area (Å²) in [4.78, 5) is 56.9. The van der Waals surface area contributed by atoms with Crippen LogP contribution < -0.4 is 0 Å². The molecule has 14 heteroatoms. The number of aliphatic hydroxyl groups is 1. The van der Waals surface area contributed by atoms with Crippen molar-refractivity contribution in [1.29, 1.82) is 0 Å². The Morgan fingerprint density at radius 2 is 1.67 bits per heavy atom. The van der Waals surface area contributed by atoms with Gasteiger partial charge in [-0.1, -0.05) is 63.2 Å². The number of ether oxygens (including phenoxy) is 5. The van der Waals surface area contributed by atoms with E-state index in [1.807, 2.05) is 69.4 Å². The fourth-order valence-corrected chi connectivity index (χ4v) is 9.10. The van der Waals surface area contributed by atoms with E-state index in [1.165, 1.54) is 7.11 Å². The van der Waals surface area contributed by atoms with Crippen LogP contribution in [0.5, 0.6) is 0 Å². The van der Waals surface area contributed by atoms with Crippen LogP contribution in [-0.2, 0) is 38.1 Å². The maximum absolute atomic E-state index is 14.3. The van der Waals surface area contributed by atoms with Gasteiger partial charge in [0.15, 0.2) is 18.0 Å². The third kappa shape index (κ3) is 7.77. The van der Waals surface area contributed by atoms with Crippen LogP contribution in [0.4, 0.5) is 4.79 Å². The SMILES string of the molecule is CCC1CC(=O)[C@H](C)C(=O)[C@H](C)[C@@H](O[C@@H]2O[C@H](C)[C@@H](n3cc(-c4ccccc4)nn3)[C@H](N(C)C)[C@H]2O)[C@](C)(OC)C[C@@H](C)C(=O)[C@H](C)[C@H]2OC(=O)O[C@]12C. The molecule has 2 aromatic rings. The summed E-state index contributed by atoms with van der Waals surface area (Å²) in [7, 11) is 5.18. The molecule has 3 heterocycles. The molecule has 5 rings (SSSR count). The van der Waals surface area contributed by atoms with Crippen molar-refractivity contribution in [2.45, 2.75) is 129 Å². The van der Waals surface area contributed by atoms with Gasteiger partial charge in [0.25, 0.3) is 0 Å². The van der Waals surface area contributed by atoms with Gasteiger partial charge in [0, 0.05) is 36.8 Å². The number of methoxy groups -OCH3 is 1. The smallest absolute Gasteiger partial charge is 0.426 e. The number of nitrogens with zero attached hydrogens (tertiary/aromatic N) is 4. The predicted octanol–water partition coefficient (Wildman–Crippen LogP) is 4.68. The third-order valence-electron chi connectivity index (χ3n) is 12.4. The third-order valence-corrected chi connectivity index (χ3v) is 12.4. The highest BCUT2D eigenvalue weighted by Crippen LogP contribution is 2.44. The Hall–Kier alpha value is -3.56. The number of aromatic nitrogens is 3. The lowest BCUT2D eigenvalue weighted by Crippen LogP contribution is -2.62. The minimum Gasteiger partial charge on any atom is -0.426 e. The number of fused-ring (bicyclic) bond motifs is 1. The van der Waals surface area contributed by atoms with Gasteiger partial charge in [-0.2, -0.15) is 0 Å². The first-order chi connectivity index (χ1) is 25.4. The average Bonchev–Trinajstić information content (AvgIpc) is 3.76. The van der Waals surface area contributed by atoms with Gasteiger partial charge in [-0.3, -0.25) is 14.4 Å². The number of carbonyl (C=O) groups is 4. The standard InChI is InChI=1S/C40H58N4O10/c1-12-27-18-29(45)22(3)33(47)24(5)35(39(7,50-11)19-21(2)32(46)23(4)36-40(27,8)54-38(49)53-36)52-37-34(48)31(43(9)10)30(25(6)51-37)44-20-28(41-42-44)26-16-14-13-15-17-26/h13-17,20-25,27,30-31,34-37,48H,12,18-19H2,1-11H3/t21-,22+,23+,24+,25-,27?,30-,31+,34-,35-,36-,37+,39-,40-/m1/s1. The topological polar surface area (TPSA) is 169 Å². The Kier molecular flexibility index (Phi) is 12.5. The summed E-state index contributed by atoms with van der Waals surface area (Å²) in [6.45, 7) is 13.9. The van der Waals surface area contributed by atoms with E-state index >= 15 is 0 Å². The second kappa shape index (κ2) is 16.3. The molecule has 1 aromatic heterocycles. The van der Waals surface area contributed by atoms with Gasteiger partial charge in [0.05, 0.1) is 47.9 Å². The minimum atomic E-state index is -1.29. The van der Waals surface area contributed by atoms with E-state index in [4.69, 9.17) is 23.7 Å². The molecule has 14 atom stereocenters. The van der Waals surface area contributed by atoms with Crippen molar-refractivity contribution in [3.63, 3.8) is 0 Å². The quantitative estimate of drug-likeness (QED) is 0.306. The van der Waals surface area contributed by atoms with Crippen LogP contribution in [0.2, 0.25) is 0 Å². The second-order valence-electron chi connectivity index (χ2n) is 16.2. The Bertz CT molecular complexity index is 1670. The molecule has 3 aliphatic rings. The summed E-state index contributed by atoms with van der Waals surface area (Å²) < 4.78 is 32.4. The van der Waals surface area contributed by atoms with Crippen LogP contribution in [0.15, 0.2) is 36.5 Å². The molecular formula is C40H58N4O10. The molecule has 3 fully saturated rings. The monoisotopic (exact) mass is 754 g/mol. The van der Waals surface area contributed by atoms with Gasteiger partial charge in [-0.25, -0.2) is 9.48 Å². The van der Waals surface area contributed by atoms with Crippen LogP contribution in [-0.4, -0.2) is 118 Å². The normalized spacial score (nSPS) is 39.9. The molecule has 1 N–H and O–H groups in total. The fourth-order valence-electron chi connectivity index (χ4n) is 9.10. The summed E-state index contributed by atoms with van der Waals surface area (Å²) in [5, 5.41) is 20.9. The number of benzene rings is 1. The number of hydrogen-bond donors (Lipinski definition) is 1. The molecule has 1 aliphatic carbocycles. The molecule has 0 bridgehead atoms. The first-order valence-corrected chi connectivity index (χ1v) is 19.1. The molecule has 298 valence electrons. The number of likely N-dealkylation sites (N-methyl/N-ethyl adjacent to an activating group) is 1. The van der Waals surface area contributed by atoms with Crippen molar-refractivity contribution in [1.82, 2.24) is 19.9 Å². The van der Waals surface area contributed by atoms with E-state index in [0.29, 0.717) is 12.1 Å². The van der Waals surface area contributed by atoms with E-state index in [-0.39, 0.29) is 30.2 Å². The van der Waals surface area contributed by atoms with Crippen molar-refractivity contribution >= 4 is 23.5 Å². The number of aliphatic hydroxyl groups excluding tert-OH is 1. The van der Waals surface area contributed by atoms with Crippen LogP contribution in [0.3, 0.4) is 0 Å². The zero-order chi connectivity index (χ0) is 39.9. The van der Waals surface area contributed by atoms with Gasteiger partial charge in [0.2, 0.25) is 0 Å². The van der Waals surface area contributed by atoms with Crippen molar-refractivity contribution in [2.24, 2.45) is 29.6 Å². The van der Waals surface area contributed by atoms with E-state index < -0.39 is 89.7 Å². The van der Waals surface area contributed by atoms with Crippen molar-refractivity contribution in [3.8, 4) is 11.3 Å². The van der Waals surface area contributed by atoms with E-state index in [1.54, 1.807) is 46.2 Å². The maximum Gasteiger partial charge on any atom is 0.509 e. The molecule has 2 saturated heterocycles. The Balaban J connectivity index is 1.50. The highest BCUT2D eigenvalue weighted by atomic mass is 16.8. The van der Waals surface area contributed by atoms with Crippen LogP contribution in [0.1, 0.15) is 80.7 Å². The molecule has 2 aliphatic heterocycles. The van der Waals surface area contributed by atoms with E-state index in [0.717, 1.165) is 5.56 Å². The highest BCUT2D eigenvalue weighted by molar-refractivity contribution is 6.03. The van der Waals surface area contributed by atoms with E-state index in [2.05, 4.69) is 10.3 Å². The Morgan fingerprint density at radius 3 is 2.28 bits per heavy atom. The van der Waals surface area contributed by atoms with Crippen molar-refractivity contribution in [2.75, 3.05) is 21.2 Å². The average molecular weight is 755 g/mol. The summed E-state index contributed by atoms with van der Waals surface area (Å²) >= 11 is 0. The Morgan fingerprint density at radius 1 is 1.00 bits per heavy atom. The van der Waals surface area contributed by atoms with Gasteiger partial charge in [-0.15, -0.1) is 5.10 Å². The van der Waals surface area contributed by atoms with Gasteiger partial charge >= 0.3 is 6.16 Å². The van der Waals surface area contributed by atoms with Crippen LogP contribution >= 0.6 is 0 Å². The summed E-state index contributed by atoms with van der Waals surface area (Å²) in [5.74, 6) is -4.81. The lowest BCUT2D eigenvalue weighted by atomic mass is 9.70. The lowest BCUT2D eigenvalue weighted by Gasteiger charge is -2.49. The zero-order valence-electron chi connectivity index (χ0n) is 33.4. The van der Waals surface area contributed by atoms with Crippen molar-refractivity contribution < 1.29 is 48.0 Å². The Labute approximate surface area is 318 Å². The molecule has 0 amide bonds. The van der Waals surface area contributed by atoms with Crippen molar-refractivity contribution in [3.05, 3.63) is 36.5 Å². The molecule has 14 nitrogen and oxygen atoms in total. The lowest BCUT2D eigenvalue weighted by molar-refractivity contribution is -0.305. The number of ketones is 3. The number of rotatable bonds is 7. The zero-order valence-corrected chi connectivity index (χ0v) is 33.4. The fraction of sp³-hybridized carbons (Fsp3) is 0.700. The summed E-state index contributed by atoms with van der Waals surface area (Å²) in [6.07, 6.45) is -3.61. The molecule has 1 unspecified atom stereocenters. The summed E-state index contributed by atoms with van der Waals surface area (Å²) in [5.41, 5.74) is -0.977. The largest absolute Gasteiger partial charge is 0.509 e. The predicted molar refractivity (Wildman–Crippen MR) is 197 cm³/mol. The number of carbonyl (C=O) groups excluding carboxylic acids is 4. The van der Waals surface area contributed by atoms with Gasteiger partial charge in [0.1, 0.15) is 29.1 Å². The number of hydrogen-bond acceptors (Lipinski definition) is 13. The second-order valence-corrected chi connectivity index (χ2v) is 16.2. The molecule has 0 spiro atoms. The first-order valence-electron chi connectivity index (χ1n) is 19.1. The van der Waals surface area contributed by atoms with Gasteiger partial charge in [-0.05, 0) is 54.6 Å². The minimum absolute atomic E-state index is 0.0640. The van der Waals surface area contributed by atoms with Crippen LogP contribution in [0.25, 0.3) is 11.3 Å². The molecule has 54 heavy (non-hydrogen) atoms. The maximum atomic E-state index is 14.3.